The van der Waals surface area contributed by atoms with E-state index >= 15 is 0 Å². The van der Waals surface area contributed by atoms with E-state index in [4.69, 9.17) is 5.11 Å². The molecule has 0 saturated carbocycles. The van der Waals surface area contributed by atoms with Crippen LogP contribution in [0.4, 0.5) is 17.6 Å². The fourth-order valence-corrected chi connectivity index (χ4v) is 2.20. The number of hydrogen-bond acceptors (Lipinski definition) is 5. The normalized spacial score (nSPS) is 12.6. The maximum Gasteiger partial charge on any atom is 0.516 e. The zero-order chi connectivity index (χ0) is 17.0. The summed E-state index contributed by atoms with van der Waals surface area (Å²) in [5, 5.41) is 8.63. The highest BCUT2D eigenvalue weighted by atomic mass is 32.2. The molecular formula is C11H10F4N2O4S. The molecule has 0 fully saturated rings. The SMILES string of the molecule is O=C(/C=C/c1cncc(F)c1)N(CCO)S(=O)(=O)C(F)(F)F. The van der Waals surface area contributed by atoms with Crippen LogP contribution < -0.4 is 0 Å². The molecule has 22 heavy (non-hydrogen) atoms. The maximum atomic E-state index is 12.8. The number of rotatable bonds is 5. The summed E-state index contributed by atoms with van der Waals surface area (Å²) in [5.74, 6) is -2.28. The van der Waals surface area contributed by atoms with Crippen LogP contribution in [0.5, 0.6) is 0 Å². The summed E-state index contributed by atoms with van der Waals surface area (Å²) in [6.07, 6.45) is 3.39. The second-order valence-corrected chi connectivity index (χ2v) is 5.71. The molecule has 1 rings (SSSR count). The molecule has 0 aliphatic heterocycles. The number of alkyl halides is 3. The topological polar surface area (TPSA) is 87.6 Å². The Morgan fingerprint density at radius 2 is 2.00 bits per heavy atom. The van der Waals surface area contributed by atoms with Crippen molar-refractivity contribution >= 4 is 22.0 Å². The number of amides is 1. The van der Waals surface area contributed by atoms with Gasteiger partial charge in [-0.2, -0.15) is 21.6 Å². The highest BCUT2D eigenvalue weighted by molar-refractivity contribution is 7.90. The summed E-state index contributed by atoms with van der Waals surface area (Å²) in [7, 11) is -5.93. The van der Waals surface area contributed by atoms with E-state index in [1.54, 1.807) is 0 Å². The molecule has 0 spiro atoms. The number of aromatic nitrogens is 1. The third kappa shape index (κ3) is 4.24. The molecule has 0 aliphatic rings. The number of pyridine rings is 1. The fraction of sp³-hybridized carbons (Fsp3) is 0.273. The van der Waals surface area contributed by atoms with Crippen LogP contribution in [0, 0.1) is 5.82 Å². The molecule has 11 heteroatoms. The van der Waals surface area contributed by atoms with Crippen molar-refractivity contribution in [2.45, 2.75) is 5.51 Å². The van der Waals surface area contributed by atoms with Gasteiger partial charge in [0.15, 0.2) is 0 Å². The molecule has 0 atom stereocenters. The summed E-state index contributed by atoms with van der Waals surface area (Å²) in [6.45, 7) is -2.05. The van der Waals surface area contributed by atoms with Gasteiger partial charge in [-0.25, -0.2) is 8.70 Å². The Morgan fingerprint density at radius 3 is 2.50 bits per heavy atom. The first kappa shape index (κ1) is 18.0. The van der Waals surface area contributed by atoms with E-state index in [1.807, 2.05) is 0 Å². The first-order chi connectivity index (χ1) is 10.1. The Hall–Kier alpha value is -2.01. The maximum absolute atomic E-state index is 12.8. The molecule has 6 nitrogen and oxygen atoms in total. The smallest absolute Gasteiger partial charge is 0.394 e. The fourth-order valence-electron chi connectivity index (χ4n) is 1.33. The van der Waals surface area contributed by atoms with Crippen LogP contribution in [-0.2, 0) is 14.8 Å². The Labute approximate surface area is 122 Å². The lowest BCUT2D eigenvalue weighted by Gasteiger charge is -2.21. The summed E-state index contributed by atoms with van der Waals surface area (Å²) in [6, 6.07) is 0.936. The lowest BCUT2D eigenvalue weighted by molar-refractivity contribution is -0.123. The van der Waals surface area contributed by atoms with E-state index in [0.29, 0.717) is 6.08 Å². The van der Waals surface area contributed by atoms with Crippen LogP contribution in [0.2, 0.25) is 0 Å². The molecule has 1 aromatic rings. The van der Waals surface area contributed by atoms with Gasteiger partial charge in [-0.15, -0.1) is 0 Å². The molecule has 0 bridgehead atoms. The standard InChI is InChI=1S/C11H10F4N2O4S/c12-9-5-8(6-16-7-9)1-2-10(19)17(3-4-18)22(20,21)11(13,14)15/h1-2,5-7,18H,3-4H2/b2-1+. The molecule has 0 aromatic carbocycles. The van der Waals surface area contributed by atoms with E-state index in [9.17, 15) is 30.8 Å². The van der Waals surface area contributed by atoms with Gasteiger partial charge in [0.2, 0.25) is 0 Å². The van der Waals surface area contributed by atoms with E-state index in [-0.39, 0.29) is 5.56 Å². The number of hydrogen-bond donors (Lipinski definition) is 1. The van der Waals surface area contributed by atoms with Crippen LogP contribution in [-0.4, -0.2) is 47.4 Å². The second-order valence-electron chi connectivity index (χ2n) is 3.85. The Balaban J connectivity index is 3.05. The average Bonchev–Trinajstić information content (AvgIpc) is 2.41. The van der Waals surface area contributed by atoms with Crippen molar-refractivity contribution in [2.75, 3.05) is 13.2 Å². The summed E-state index contributed by atoms with van der Waals surface area (Å²) < 4.78 is 72.1. The minimum atomic E-state index is -5.93. The third-order valence-electron chi connectivity index (χ3n) is 2.28. The number of aliphatic hydroxyl groups excluding tert-OH is 1. The van der Waals surface area contributed by atoms with Crippen LogP contribution in [0.1, 0.15) is 5.56 Å². The molecule has 1 heterocycles. The molecule has 0 unspecified atom stereocenters. The molecular weight excluding hydrogens is 332 g/mol. The molecule has 0 saturated heterocycles. The van der Waals surface area contributed by atoms with Gasteiger partial charge in [0.1, 0.15) is 5.82 Å². The zero-order valence-corrected chi connectivity index (χ0v) is 11.6. The van der Waals surface area contributed by atoms with Crippen LogP contribution >= 0.6 is 0 Å². The monoisotopic (exact) mass is 342 g/mol. The molecule has 0 aliphatic carbocycles. The number of aliphatic hydroxyl groups is 1. The molecule has 0 radical (unpaired) electrons. The van der Waals surface area contributed by atoms with Gasteiger partial charge in [-0.1, -0.05) is 0 Å². The highest BCUT2D eigenvalue weighted by Crippen LogP contribution is 2.27. The van der Waals surface area contributed by atoms with Gasteiger partial charge in [0, 0.05) is 12.3 Å². The lowest BCUT2D eigenvalue weighted by atomic mass is 10.2. The predicted octanol–water partition coefficient (Wildman–Crippen LogP) is 0.904. The Kier molecular flexibility index (Phi) is 5.60. The first-order valence-electron chi connectivity index (χ1n) is 5.62. The molecule has 122 valence electrons. The number of carbonyl (C=O) groups excluding carboxylic acids is 1. The van der Waals surface area contributed by atoms with Crippen LogP contribution in [0.25, 0.3) is 6.08 Å². The molecule has 1 amide bonds. The Bertz CT molecular complexity index is 673. The van der Waals surface area contributed by atoms with E-state index in [1.165, 1.54) is 0 Å². The van der Waals surface area contributed by atoms with Gasteiger partial charge in [-0.05, 0) is 17.7 Å². The average molecular weight is 342 g/mol. The predicted molar refractivity (Wildman–Crippen MR) is 67.0 cm³/mol. The van der Waals surface area contributed by atoms with Crippen molar-refractivity contribution in [3.63, 3.8) is 0 Å². The largest absolute Gasteiger partial charge is 0.516 e. The summed E-state index contributed by atoms with van der Waals surface area (Å²) in [5.41, 5.74) is -5.65. The summed E-state index contributed by atoms with van der Waals surface area (Å²) in [4.78, 5) is 15.1. The van der Waals surface area contributed by atoms with Crippen molar-refractivity contribution < 1.29 is 35.9 Å². The van der Waals surface area contributed by atoms with Crippen molar-refractivity contribution in [1.29, 1.82) is 0 Å². The minimum Gasteiger partial charge on any atom is -0.394 e. The summed E-state index contributed by atoms with van der Waals surface area (Å²) >= 11 is 0. The third-order valence-corrected chi connectivity index (χ3v) is 3.80. The van der Waals surface area contributed by atoms with E-state index in [0.717, 1.165) is 24.5 Å². The van der Waals surface area contributed by atoms with Crippen molar-refractivity contribution in [1.82, 2.24) is 9.29 Å². The van der Waals surface area contributed by atoms with Gasteiger partial charge < -0.3 is 5.11 Å². The molecule has 1 N–H and O–H groups in total. The Morgan fingerprint density at radius 1 is 1.36 bits per heavy atom. The number of carbonyl (C=O) groups is 1. The first-order valence-corrected chi connectivity index (χ1v) is 7.06. The van der Waals surface area contributed by atoms with Crippen molar-refractivity contribution in [3.8, 4) is 0 Å². The lowest BCUT2D eigenvalue weighted by Crippen LogP contribution is -2.45. The van der Waals surface area contributed by atoms with Gasteiger partial charge in [-0.3, -0.25) is 9.78 Å². The number of halogens is 4. The number of sulfonamides is 1. The van der Waals surface area contributed by atoms with Crippen molar-refractivity contribution in [3.05, 3.63) is 35.9 Å². The van der Waals surface area contributed by atoms with E-state index in [2.05, 4.69) is 4.98 Å². The highest BCUT2D eigenvalue weighted by Gasteiger charge is 2.51. The van der Waals surface area contributed by atoms with E-state index < -0.39 is 44.7 Å². The van der Waals surface area contributed by atoms with Crippen LogP contribution in [0.15, 0.2) is 24.5 Å². The van der Waals surface area contributed by atoms with Crippen LogP contribution in [0.3, 0.4) is 0 Å². The second kappa shape index (κ2) is 6.83. The minimum absolute atomic E-state index is 0.0432. The zero-order valence-electron chi connectivity index (χ0n) is 10.8. The van der Waals surface area contributed by atoms with Gasteiger partial charge in [0.25, 0.3) is 5.91 Å². The quantitative estimate of drug-likeness (QED) is 0.635. The molecule has 1 aromatic heterocycles. The van der Waals surface area contributed by atoms with Gasteiger partial charge >= 0.3 is 15.5 Å². The van der Waals surface area contributed by atoms with Crippen molar-refractivity contribution in [2.24, 2.45) is 0 Å². The van der Waals surface area contributed by atoms with Gasteiger partial charge in [0.05, 0.1) is 19.3 Å². The number of nitrogens with zero attached hydrogens (tertiary/aromatic N) is 2.